The molecular weight excluding hydrogens is 304 g/mol. The van der Waals surface area contributed by atoms with E-state index < -0.39 is 0 Å². The maximum atomic E-state index is 4.69. The summed E-state index contributed by atoms with van der Waals surface area (Å²) in [6.45, 7) is 4.08. The van der Waals surface area contributed by atoms with Crippen molar-refractivity contribution in [3.05, 3.63) is 53.8 Å². The first-order valence-electron chi connectivity index (χ1n) is 7.82. The molecule has 4 heterocycles. The highest BCUT2D eigenvalue weighted by Gasteiger charge is 2.32. The molecule has 4 nitrogen and oxygen atoms in total. The second-order valence-electron chi connectivity index (χ2n) is 6.04. The Bertz CT molecular complexity index is 1010. The SMILES string of the molecule is Cc1nc2ccccc2n1C1CN(c2nccc3sccc23)C1. The first-order chi connectivity index (χ1) is 11.3. The standard InChI is InChI=1S/C18H16N4S/c1-12-20-15-4-2-3-5-16(15)22(12)13-10-21(11-13)18-14-7-9-23-17(14)6-8-19-18/h2-9,13H,10-11H2,1H3. The predicted molar refractivity (Wildman–Crippen MR) is 95.3 cm³/mol. The van der Waals surface area contributed by atoms with E-state index in [1.807, 2.05) is 12.3 Å². The highest BCUT2D eigenvalue weighted by atomic mass is 32.1. The summed E-state index contributed by atoms with van der Waals surface area (Å²) < 4.78 is 3.68. The smallest absolute Gasteiger partial charge is 0.137 e. The molecule has 1 aliphatic heterocycles. The number of thiophene rings is 1. The Hall–Kier alpha value is -2.40. The Morgan fingerprint density at radius 2 is 2.00 bits per heavy atom. The third-order valence-corrected chi connectivity index (χ3v) is 5.54. The van der Waals surface area contributed by atoms with Crippen LogP contribution < -0.4 is 4.90 Å². The molecule has 1 aliphatic rings. The van der Waals surface area contributed by atoms with Crippen LogP contribution in [0, 0.1) is 6.92 Å². The van der Waals surface area contributed by atoms with Gasteiger partial charge in [0.25, 0.3) is 0 Å². The molecule has 23 heavy (non-hydrogen) atoms. The van der Waals surface area contributed by atoms with Crippen LogP contribution in [-0.4, -0.2) is 27.6 Å². The Kier molecular flexibility index (Phi) is 2.73. The fourth-order valence-corrected chi connectivity index (χ4v) is 4.33. The first kappa shape index (κ1) is 13.1. The van der Waals surface area contributed by atoms with Crippen molar-refractivity contribution < 1.29 is 0 Å². The van der Waals surface area contributed by atoms with E-state index in [4.69, 9.17) is 0 Å². The molecule has 0 bridgehead atoms. The van der Waals surface area contributed by atoms with E-state index in [1.54, 1.807) is 11.3 Å². The average Bonchev–Trinajstić information content (AvgIpc) is 3.11. The first-order valence-corrected chi connectivity index (χ1v) is 8.70. The van der Waals surface area contributed by atoms with Crippen LogP contribution in [0.25, 0.3) is 21.1 Å². The van der Waals surface area contributed by atoms with Gasteiger partial charge >= 0.3 is 0 Å². The van der Waals surface area contributed by atoms with Gasteiger partial charge in [-0.2, -0.15) is 0 Å². The van der Waals surface area contributed by atoms with Crippen molar-refractivity contribution in [3.8, 4) is 0 Å². The van der Waals surface area contributed by atoms with Crippen molar-refractivity contribution in [1.29, 1.82) is 0 Å². The summed E-state index contributed by atoms with van der Waals surface area (Å²) in [4.78, 5) is 11.7. The minimum absolute atomic E-state index is 0.470. The van der Waals surface area contributed by atoms with Crippen molar-refractivity contribution in [2.75, 3.05) is 18.0 Å². The second kappa shape index (κ2) is 4.80. The normalized spacial score (nSPS) is 15.4. The van der Waals surface area contributed by atoms with Gasteiger partial charge in [-0.15, -0.1) is 11.3 Å². The van der Waals surface area contributed by atoms with Gasteiger partial charge in [-0.25, -0.2) is 9.97 Å². The van der Waals surface area contributed by atoms with Crippen LogP contribution in [-0.2, 0) is 0 Å². The molecule has 0 aliphatic carbocycles. The number of para-hydroxylation sites is 2. The van der Waals surface area contributed by atoms with Crippen LogP contribution in [0.15, 0.2) is 48.0 Å². The lowest BCUT2D eigenvalue weighted by Crippen LogP contribution is -2.48. The fourth-order valence-electron chi connectivity index (χ4n) is 3.55. The third-order valence-electron chi connectivity index (χ3n) is 4.66. The van der Waals surface area contributed by atoms with Crippen LogP contribution in [0.3, 0.4) is 0 Å². The monoisotopic (exact) mass is 320 g/mol. The topological polar surface area (TPSA) is 34.0 Å². The van der Waals surface area contributed by atoms with Gasteiger partial charge in [-0.1, -0.05) is 12.1 Å². The summed E-state index contributed by atoms with van der Waals surface area (Å²) in [5, 5.41) is 3.41. The number of aryl methyl sites for hydroxylation is 1. The van der Waals surface area contributed by atoms with Gasteiger partial charge in [-0.3, -0.25) is 0 Å². The summed E-state index contributed by atoms with van der Waals surface area (Å²) in [5.41, 5.74) is 2.32. The Balaban J connectivity index is 1.48. The molecule has 114 valence electrons. The molecule has 0 N–H and O–H groups in total. The molecule has 5 rings (SSSR count). The maximum Gasteiger partial charge on any atom is 0.137 e. The highest BCUT2D eigenvalue weighted by molar-refractivity contribution is 7.17. The Labute approximate surface area is 138 Å². The molecule has 0 radical (unpaired) electrons. The van der Waals surface area contributed by atoms with Crippen LogP contribution in [0.5, 0.6) is 0 Å². The van der Waals surface area contributed by atoms with E-state index >= 15 is 0 Å². The quantitative estimate of drug-likeness (QED) is 0.559. The van der Waals surface area contributed by atoms with Crippen molar-refractivity contribution in [2.24, 2.45) is 0 Å². The van der Waals surface area contributed by atoms with Crippen molar-refractivity contribution in [3.63, 3.8) is 0 Å². The number of imidazole rings is 1. The van der Waals surface area contributed by atoms with Gasteiger partial charge in [-0.05, 0) is 36.6 Å². The van der Waals surface area contributed by atoms with E-state index in [-0.39, 0.29) is 0 Å². The van der Waals surface area contributed by atoms with E-state index in [0.717, 1.165) is 30.2 Å². The number of hydrogen-bond donors (Lipinski definition) is 0. The molecule has 0 saturated carbocycles. The summed E-state index contributed by atoms with van der Waals surface area (Å²) in [6, 6.07) is 13.1. The number of fused-ring (bicyclic) bond motifs is 2. The van der Waals surface area contributed by atoms with Crippen LogP contribution >= 0.6 is 11.3 Å². The fraction of sp³-hybridized carbons (Fsp3) is 0.222. The van der Waals surface area contributed by atoms with Gasteiger partial charge in [0.15, 0.2) is 0 Å². The van der Waals surface area contributed by atoms with Crippen molar-refractivity contribution in [1.82, 2.24) is 14.5 Å². The number of hydrogen-bond acceptors (Lipinski definition) is 4. The number of nitrogens with zero attached hydrogens (tertiary/aromatic N) is 4. The lowest BCUT2D eigenvalue weighted by molar-refractivity contribution is 0.400. The number of rotatable bonds is 2. The zero-order valence-corrected chi connectivity index (χ0v) is 13.6. The molecule has 1 fully saturated rings. The van der Waals surface area contributed by atoms with Crippen LogP contribution in [0.4, 0.5) is 5.82 Å². The summed E-state index contributed by atoms with van der Waals surface area (Å²) in [5.74, 6) is 2.21. The van der Waals surface area contributed by atoms with Crippen LogP contribution in [0.1, 0.15) is 11.9 Å². The molecule has 0 atom stereocenters. The van der Waals surface area contributed by atoms with Gasteiger partial charge in [0.1, 0.15) is 11.6 Å². The van der Waals surface area contributed by atoms with Gasteiger partial charge in [0, 0.05) is 29.4 Å². The summed E-state index contributed by atoms with van der Waals surface area (Å²) >= 11 is 1.77. The van der Waals surface area contributed by atoms with Crippen LogP contribution in [0.2, 0.25) is 0 Å². The van der Waals surface area contributed by atoms with E-state index in [0.29, 0.717) is 6.04 Å². The van der Waals surface area contributed by atoms with Gasteiger partial charge in [0.2, 0.25) is 0 Å². The van der Waals surface area contributed by atoms with Gasteiger partial charge in [0.05, 0.1) is 17.1 Å². The number of aromatic nitrogens is 3. The maximum absolute atomic E-state index is 4.69. The lowest BCUT2D eigenvalue weighted by Gasteiger charge is -2.41. The summed E-state index contributed by atoms with van der Waals surface area (Å²) in [6.07, 6.45) is 1.92. The van der Waals surface area contributed by atoms with E-state index in [2.05, 4.69) is 62.1 Å². The Morgan fingerprint density at radius 3 is 2.91 bits per heavy atom. The minimum atomic E-state index is 0.470. The zero-order valence-electron chi connectivity index (χ0n) is 12.8. The van der Waals surface area contributed by atoms with Crippen molar-refractivity contribution in [2.45, 2.75) is 13.0 Å². The average molecular weight is 320 g/mol. The van der Waals surface area contributed by atoms with Gasteiger partial charge < -0.3 is 9.47 Å². The minimum Gasteiger partial charge on any atom is -0.352 e. The molecule has 4 aromatic rings. The predicted octanol–water partition coefficient (Wildman–Crippen LogP) is 4.02. The zero-order chi connectivity index (χ0) is 15.4. The number of benzene rings is 1. The molecule has 5 heteroatoms. The third kappa shape index (κ3) is 1.90. The second-order valence-corrected chi connectivity index (χ2v) is 6.99. The summed E-state index contributed by atoms with van der Waals surface area (Å²) in [7, 11) is 0. The Morgan fingerprint density at radius 1 is 1.13 bits per heavy atom. The molecule has 0 spiro atoms. The molecule has 1 aromatic carbocycles. The lowest BCUT2D eigenvalue weighted by atomic mass is 10.1. The van der Waals surface area contributed by atoms with E-state index in [1.165, 1.54) is 15.6 Å². The highest BCUT2D eigenvalue weighted by Crippen LogP contribution is 2.35. The molecular formula is C18H16N4S. The van der Waals surface area contributed by atoms with Crippen molar-refractivity contribution >= 4 is 38.3 Å². The molecule has 3 aromatic heterocycles. The molecule has 0 unspecified atom stereocenters. The number of anilines is 1. The number of pyridine rings is 1. The van der Waals surface area contributed by atoms with E-state index in [9.17, 15) is 0 Å². The molecule has 0 amide bonds. The largest absolute Gasteiger partial charge is 0.352 e. The molecule has 1 saturated heterocycles.